The zero-order valence-corrected chi connectivity index (χ0v) is 29.2. The molecule has 308 valence electrons. The molecule has 26 nitrogen and oxygen atoms in total. The molecule has 5 aromatic heterocycles. The molecule has 0 saturated heterocycles. The van der Waals surface area contributed by atoms with Crippen LogP contribution in [0.4, 0.5) is 0 Å². The fourth-order valence-electron chi connectivity index (χ4n) is 3.08. The van der Waals surface area contributed by atoms with Crippen molar-refractivity contribution in [2.24, 2.45) is 0 Å². The molecular weight excluding hydrogens is 863 g/mol. The van der Waals surface area contributed by atoms with Crippen LogP contribution in [-0.4, -0.2) is 85.1 Å². The summed E-state index contributed by atoms with van der Waals surface area (Å²) in [7, 11) is 0. The number of carboxylic acids is 4. The summed E-state index contributed by atoms with van der Waals surface area (Å²) in [4.78, 5) is 81.4. The van der Waals surface area contributed by atoms with Gasteiger partial charge in [0.15, 0.2) is 11.4 Å². The van der Waals surface area contributed by atoms with Gasteiger partial charge in [0.2, 0.25) is 0 Å². The number of rotatable bonds is 6. The number of pyridine rings is 4. The average Bonchev–Trinajstić information content (AvgIpc) is 3.09. The van der Waals surface area contributed by atoms with Crippen LogP contribution in [0.1, 0.15) is 42.0 Å². The quantitative estimate of drug-likeness (QED) is 0.0738. The minimum absolute atomic E-state index is 0. The number of hydrogen-bond donors (Lipinski definition) is 2. The fourth-order valence-corrected chi connectivity index (χ4v) is 3.08. The molecule has 5 rings (SSSR count). The molecule has 0 aromatic carbocycles. The van der Waals surface area contributed by atoms with Gasteiger partial charge in [0, 0.05) is 24.8 Å². The molecule has 0 fully saturated rings. The van der Waals surface area contributed by atoms with Crippen molar-refractivity contribution >= 4 is 23.9 Å². The van der Waals surface area contributed by atoms with Crippen molar-refractivity contribution in [3.63, 3.8) is 0 Å². The van der Waals surface area contributed by atoms with Crippen LogP contribution in [0.3, 0.4) is 0 Å². The van der Waals surface area contributed by atoms with Gasteiger partial charge in [-0.2, -0.15) is 0 Å². The van der Waals surface area contributed by atoms with Crippen molar-refractivity contribution in [2.45, 2.75) is 0 Å². The SMILES string of the molecule is O.O.O=C([O-])c1nc(C(=O)O)c(C(=O)[O-])nc1C(=O)O.O=[N+]([O-])[O-].O=[N+]([O-])[O-].[Cu+2].[Cu+2].[OH3+].[OH3+].c1ccc(-c2ccccn2)nc1.c1ccc(-c2ccccn2)nc1. The molecule has 0 atom stereocenters. The Morgan fingerprint density at radius 1 is 0.464 bits per heavy atom. The third-order valence-electron chi connectivity index (χ3n) is 4.87. The van der Waals surface area contributed by atoms with E-state index in [1.807, 2.05) is 72.8 Å². The van der Waals surface area contributed by atoms with Gasteiger partial charge in [-0.3, -0.25) is 19.9 Å². The molecule has 5 heterocycles. The number of aromatic nitrogens is 6. The Kier molecular flexibility index (Phi) is 35.3. The van der Waals surface area contributed by atoms with E-state index < -0.39 is 56.8 Å². The Morgan fingerprint density at radius 3 is 0.786 bits per heavy atom. The topological polar surface area (TPSA) is 494 Å². The summed E-state index contributed by atoms with van der Waals surface area (Å²) < 4.78 is 0. The average molecular weight is 892 g/mol. The zero-order valence-electron chi connectivity index (χ0n) is 27.4. The van der Waals surface area contributed by atoms with Gasteiger partial charge in [-0.1, -0.05) is 24.3 Å². The Bertz CT molecular complexity index is 1640. The van der Waals surface area contributed by atoms with Crippen LogP contribution in [0, 0.1) is 30.6 Å². The number of carbonyl (C=O) groups excluding carboxylic acids is 2. The Hall–Kier alpha value is -7.16. The molecule has 0 aliphatic heterocycles. The van der Waals surface area contributed by atoms with E-state index in [0.717, 1.165) is 22.8 Å². The van der Waals surface area contributed by atoms with Crippen LogP contribution in [0.5, 0.6) is 0 Å². The predicted molar refractivity (Wildman–Crippen MR) is 177 cm³/mol. The van der Waals surface area contributed by atoms with Crippen molar-refractivity contribution in [3.05, 3.63) is 151 Å². The van der Waals surface area contributed by atoms with Gasteiger partial charge < -0.3 is 82.6 Å². The Morgan fingerprint density at radius 2 is 0.661 bits per heavy atom. The van der Waals surface area contributed by atoms with E-state index in [1.54, 1.807) is 24.8 Å². The maximum Gasteiger partial charge on any atom is 2.00 e. The summed E-state index contributed by atoms with van der Waals surface area (Å²) in [6.07, 6.45) is 7.07. The molecule has 2 radical (unpaired) electrons. The zero-order chi connectivity index (χ0) is 37.6. The molecule has 0 bridgehead atoms. The van der Waals surface area contributed by atoms with E-state index in [0.29, 0.717) is 0 Å². The van der Waals surface area contributed by atoms with Crippen molar-refractivity contribution in [1.82, 2.24) is 29.9 Å². The first-order valence-corrected chi connectivity index (χ1v) is 12.7. The Balaban J connectivity index is -0.000000147. The normalized spacial score (nSPS) is 8.14. The van der Waals surface area contributed by atoms with Gasteiger partial charge in [0.25, 0.3) is 0 Å². The van der Waals surface area contributed by atoms with Crippen molar-refractivity contribution in [3.8, 4) is 22.8 Å². The second-order valence-electron chi connectivity index (χ2n) is 8.11. The van der Waals surface area contributed by atoms with Gasteiger partial charge in [0.1, 0.15) is 11.4 Å². The molecule has 0 aliphatic rings. The first kappa shape index (κ1) is 60.9. The van der Waals surface area contributed by atoms with Gasteiger partial charge in [-0.25, -0.2) is 19.6 Å². The van der Waals surface area contributed by atoms with Gasteiger partial charge in [-0.05, 0) is 48.5 Å². The van der Waals surface area contributed by atoms with Crippen molar-refractivity contribution < 1.29 is 106 Å². The molecule has 0 spiro atoms. The second kappa shape index (κ2) is 32.5. The smallest absolute Gasteiger partial charge is 0.543 e. The summed E-state index contributed by atoms with van der Waals surface area (Å²) in [6.45, 7) is 0. The molecule has 5 aromatic rings. The Labute approximate surface area is 332 Å². The monoisotopic (exact) mass is 890 g/mol. The number of hydrogen-bond acceptors (Lipinski definition) is 18. The summed E-state index contributed by atoms with van der Waals surface area (Å²) in [5, 5.41) is 67.8. The largest absolute Gasteiger partial charge is 2.00 e. The van der Waals surface area contributed by atoms with Crippen LogP contribution in [0.15, 0.2) is 97.6 Å². The minimum Gasteiger partial charge on any atom is -0.543 e. The van der Waals surface area contributed by atoms with Gasteiger partial charge in [0.05, 0.1) is 44.9 Å². The van der Waals surface area contributed by atoms with E-state index in [-0.39, 0.29) is 56.0 Å². The maximum atomic E-state index is 10.6. The molecule has 28 heteroatoms. The summed E-state index contributed by atoms with van der Waals surface area (Å²) >= 11 is 0. The second-order valence-corrected chi connectivity index (χ2v) is 8.11. The first-order chi connectivity index (χ1) is 23.6. The number of carboxylic acid groups (broad SMARTS) is 4. The summed E-state index contributed by atoms with van der Waals surface area (Å²) in [6, 6.07) is 23.2. The minimum atomic E-state index is -2.10. The fraction of sp³-hybridized carbons (Fsp3) is 0. The van der Waals surface area contributed by atoms with Crippen LogP contribution < -0.4 is 10.2 Å². The molecule has 0 aliphatic carbocycles. The molecule has 0 saturated carbocycles. The summed E-state index contributed by atoms with van der Waals surface area (Å²) in [5.74, 6) is -8.01. The van der Waals surface area contributed by atoms with E-state index in [1.165, 1.54) is 0 Å². The van der Waals surface area contributed by atoms with Crippen LogP contribution in [-0.2, 0) is 45.1 Å². The third-order valence-corrected chi connectivity index (χ3v) is 4.87. The first-order valence-electron chi connectivity index (χ1n) is 12.7. The number of carbonyl (C=O) groups is 4. The van der Waals surface area contributed by atoms with Crippen LogP contribution >= 0.6 is 0 Å². The molecule has 56 heavy (non-hydrogen) atoms. The predicted octanol–water partition coefficient (Wildman–Crippen LogP) is -3.09. The van der Waals surface area contributed by atoms with Crippen LogP contribution in [0.2, 0.25) is 0 Å². The van der Waals surface area contributed by atoms with Crippen molar-refractivity contribution in [1.29, 1.82) is 0 Å². The van der Waals surface area contributed by atoms with Gasteiger partial charge in [-0.15, -0.1) is 0 Å². The van der Waals surface area contributed by atoms with Crippen molar-refractivity contribution in [2.75, 3.05) is 0 Å². The third kappa shape index (κ3) is 23.4. The number of nitrogens with zero attached hydrogens (tertiary/aromatic N) is 8. The maximum absolute atomic E-state index is 10.6. The summed E-state index contributed by atoms with van der Waals surface area (Å²) in [5.41, 5.74) is -1.42. The molecule has 0 amide bonds. The van der Waals surface area contributed by atoms with E-state index in [4.69, 9.17) is 40.9 Å². The van der Waals surface area contributed by atoms with E-state index >= 15 is 0 Å². The molecule has 0 unspecified atom stereocenters. The molecular formula is C28H28Cu2N8O18+2. The van der Waals surface area contributed by atoms with E-state index in [9.17, 15) is 29.4 Å². The van der Waals surface area contributed by atoms with E-state index in [2.05, 4.69) is 29.9 Å². The standard InChI is InChI=1S/2C10H8N2.C8H4N2O8.2Cu.2NO3.4H2O/c2*1-3-7-11-9(5-1)10-6-2-4-8-12-10;11-5(12)1-2(6(13)14)10-4(8(17)18)3(9-1)7(15)16;;;2*2-1(3)4;;;;/h2*1-8H;(H,11,12)(H,13,14)(H,15,16)(H,17,18);;;;;4*1H2/q;;;2*+2;2*-1;;;;. The van der Waals surface area contributed by atoms with Crippen LogP contribution in [0.25, 0.3) is 22.8 Å². The number of aromatic carboxylic acids is 4. The molecule has 12 N–H and O–H groups in total. The van der Waals surface area contributed by atoms with Gasteiger partial charge >= 0.3 is 46.1 Å².